The van der Waals surface area contributed by atoms with E-state index in [0.29, 0.717) is 22.6 Å². The molecule has 0 N–H and O–H groups in total. The lowest BCUT2D eigenvalue weighted by Gasteiger charge is -2.11. The minimum Gasteiger partial charge on any atom is -0.497 e. The zero-order valence-corrected chi connectivity index (χ0v) is 21.2. The van der Waals surface area contributed by atoms with Gasteiger partial charge in [-0.15, -0.1) is 0 Å². The average molecular weight is 566 g/mol. The minimum atomic E-state index is -0.0418. The summed E-state index contributed by atoms with van der Waals surface area (Å²) in [5, 5.41) is 0. The third-order valence-electron chi connectivity index (χ3n) is 5.60. The molecule has 0 saturated heterocycles. The Hall–Kier alpha value is -3.52. The van der Waals surface area contributed by atoms with Crippen molar-refractivity contribution in [2.75, 3.05) is 21.3 Å². The Morgan fingerprint density at radius 2 is 1.03 bits per heavy atom. The maximum Gasteiger partial charge on any atom is 0.193 e. The Morgan fingerprint density at radius 1 is 0.588 bits per heavy atom. The fourth-order valence-corrected chi connectivity index (χ4v) is 4.10. The Labute approximate surface area is 212 Å². The molecule has 0 amide bonds. The van der Waals surface area contributed by atoms with E-state index in [9.17, 15) is 4.79 Å². The number of benzene rings is 4. The van der Waals surface area contributed by atoms with Gasteiger partial charge in [-0.05, 0) is 35.4 Å². The third-order valence-corrected chi connectivity index (χ3v) is 6.07. The van der Waals surface area contributed by atoms with Gasteiger partial charge >= 0.3 is 0 Å². The Morgan fingerprint density at radius 3 is 1.44 bits per heavy atom. The molecule has 0 radical (unpaired) electrons. The van der Waals surface area contributed by atoms with Crippen molar-refractivity contribution in [3.8, 4) is 45.3 Å². The Balaban J connectivity index is 1.56. The molecule has 4 aromatic carbocycles. The van der Waals surface area contributed by atoms with Crippen LogP contribution >= 0.6 is 23.0 Å². The van der Waals surface area contributed by atoms with E-state index in [1.165, 1.54) is 0 Å². The molecule has 0 fully saturated rings. The van der Waals surface area contributed by atoms with Gasteiger partial charge < -0.3 is 17.3 Å². The number of methoxy groups -OCH3 is 3. The van der Waals surface area contributed by atoms with Gasteiger partial charge in [0.25, 0.3) is 0 Å². The lowest BCUT2D eigenvalue weighted by Crippen LogP contribution is -2.01. The van der Waals surface area contributed by atoms with E-state index < -0.39 is 0 Å². The van der Waals surface area contributed by atoms with Gasteiger partial charge in [-0.1, -0.05) is 48.5 Å². The first-order valence-electron chi connectivity index (χ1n) is 10.5. The number of hydrogen-bond donors (Lipinski definition) is 0. The molecule has 0 saturated carbocycles. The smallest absolute Gasteiger partial charge is 0.193 e. The first kappa shape index (κ1) is 23.6. The van der Waals surface area contributed by atoms with Crippen LogP contribution < -0.4 is 17.3 Å². The van der Waals surface area contributed by atoms with Gasteiger partial charge in [0.2, 0.25) is 0 Å². The van der Waals surface area contributed by atoms with E-state index in [2.05, 4.69) is 0 Å². The van der Waals surface area contributed by atoms with Crippen molar-refractivity contribution < 1.29 is 22.1 Å². The SMILES string of the molecule is COc1ccc(-c2ccc(C(=O)c3ccc(-c4ccc(OC)cc4OI)cc3)cc2)c(OC)c1. The summed E-state index contributed by atoms with van der Waals surface area (Å²) in [5.74, 6) is 2.81. The van der Waals surface area contributed by atoms with Crippen molar-refractivity contribution in [2.24, 2.45) is 0 Å². The Kier molecular flexibility index (Phi) is 7.37. The van der Waals surface area contributed by atoms with E-state index in [4.69, 9.17) is 17.3 Å². The van der Waals surface area contributed by atoms with Crippen molar-refractivity contribution >= 4 is 28.8 Å². The predicted molar refractivity (Wildman–Crippen MR) is 141 cm³/mol. The zero-order chi connectivity index (χ0) is 24.1. The molecular formula is C28H23IO5. The van der Waals surface area contributed by atoms with Crippen molar-refractivity contribution in [1.29, 1.82) is 0 Å². The van der Waals surface area contributed by atoms with Crippen LogP contribution in [0.3, 0.4) is 0 Å². The molecule has 6 heteroatoms. The lowest BCUT2D eigenvalue weighted by atomic mass is 9.97. The molecule has 0 aromatic heterocycles. The van der Waals surface area contributed by atoms with Gasteiger partial charge in [0.15, 0.2) is 28.8 Å². The molecule has 0 heterocycles. The van der Waals surface area contributed by atoms with Gasteiger partial charge in [-0.2, -0.15) is 0 Å². The zero-order valence-electron chi connectivity index (χ0n) is 19.0. The van der Waals surface area contributed by atoms with Crippen LogP contribution in [-0.4, -0.2) is 27.1 Å². The number of carbonyl (C=O) groups excluding carboxylic acids is 1. The molecule has 4 rings (SSSR count). The second-order valence-corrected chi connectivity index (χ2v) is 7.93. The highest BCUT2D eigenvalue weighted by atomic mass is 127. The molecule has 0 atom stereocenters. The molecule has 0 unspecified atom stereocenters. The summed E-state index contributed by atoms with van der Waals surface area (Å²) < 4.78 is 21.5. The van der Waals surface area contributed by atoms with E-state index >= 15 is 0 Å². The van der Waals surface area contributed by atoms with E-state index in [0.717, 1.165) is 33.8 Å². The van der Waals surface area contributed by atoms with Crippen LogP contribution in [0.15, 0.2) is 84.9 Å². The quantitative estimate of drug-likeness (QED) is 0.170. The summed E-state index contributed by atoms with van der Waals surface area (Å²) in [7, 11) is 4.86. The highest BCUT2D eigenvalue weighted by Crippen LogP contribution is 2.35. The van der Waals surface area contributed by atoms with Gasteiger partial charge in [0, 0.05) is 34.4 Å². The molecular weight excluding hydrogens is 543 g/mol. The van der Waals surface area contributed by atoms with Crippen LogP contribution in [0.1, 0.15) is 15.9 Å². The topological polar surface area (TPSA) is 54.0 Å². The number of ether oxygens (including phenoxy) is 3. The molecule has 0 aliphatic carbocycles. The maximum absolute atomic E-state index is 13.1. The average Bonchev–Trinajstić information content (AvgIpc) is 2.92. The lowest BCUT2D eigenvalue weighted by molar-refractivity contribution is 0.103. The van der Waals surface area contributed by atoms with E-state index in [1.54, 1.807) is 21.3 Å². The second-order valence-electron chi connectivity index (χ2n) is 7.49. The predicted octanol–water partition coefficient (Wildman–Crippen LogP) is 7.01. The third kappa shape index (κ3) is 4.87. The number of carbonyl (C=O) groups is 1. The molecule has 34 heavy (non-hydrogen) atoms. The monoisotopic (exact) mass is 566 g/mol. The molecule has 5 nitrogen and oxygen atoms in total. The number of halogens is 1. The van der Waals surface area contributed by atoms with Crippen LogP contribution in [0.5, 0.6) is 23.0 Å². The molecule has 172 valence electrons. The van der Waals surface area contributed by atoms with Crippen LogP contribution in [0.2, 0.25) is 0 Å². The molecule has 0 aliphatic heterocycles. The molecule has 0 spiro atoms. The standard InChI is InChI=1S/C28H23IO5/c1-31-22-12-14-24(26(16-22)33-3)18-4-8-20(9-5-18)28(30)21-10-6-19(7-11-21)25-15-13-23(32-2)17-27(25)34-29/h4-17H,1-3H3. The summed E-state index contributed by atoms with van der Waals surface area (Å²) in [6.07, 6.45) is 0. The number of hydrogen-bond acceptors (Lipinski definition) is 5. The van der Waals surface area contributed by atoms with Crippen LogP contribution in [0, 0.1) is 0 Å². The van der Waals surface area contributed by atoms with Gasteiger partial charge in [-0.3, -0.25) is 4.79 Å². The van der Waals surface area contributed by atoms with E-state index in [1.807, 2.05) is 108 Å². The van der Waals surface area contributed by atoms with Crippen molar-refractivity contribution in [2.45, 2.75) is 0 Å². The molecule has 0 bridgehead atoms. The second kappa shape index (κ2) is 10.6. The minimum absolute atomic E-state index is 0.0418. The molecule has 0 aliphatic rings. The highest BCUT2D eigenvalue weighted by molar-refractivity contribution is 14.1. The normalized spacial score (nSPS) is 10.5. The van der Waals surface area contributed by atoms with Crippen LogP contribution in [-0.2, 0) is 0 Å². The van der Waals surface area contributed by atoms with Crippen LogP contribution in [0.4, 0.5) is 0 Å². The number of ketones is 1. The number of rotatable bonds is 8. The van der Waals surface area contributed by atoms with Gasteiger partial charge in [0.1, 0.15) is 23.0 Å². The maximum atomic E-state index is 13.1. The summed E-state index contributed by atoms with van der Waals surface area (Å²) in [4.78, 5) is 13.1. The summed E-state index contributed by atoms with van der Waals surface area (Å²) in [5.41, 5.74) is 4.99. The van der Waals surface area contributed by atoms with Crippen molar-refractivity contribution in [1.82, 2.24) is 0 Å². The summed E-state index contributed by atoms with van der Waals surface area (Å²) in [6.45, 7) is 0. The van der Waals surface area contributed by atoms with Crippen LogP contribution in [0.25, 0.3) is 22.3 Å². The first-order chi connectivity index (χ1) is 16.6. The highest BCUT2D eigenvalue weighted by Gasteiger charge is 2.13. The van der Waals surface area contributed by atoms with Crippen molar-refractivity contribution in [3.63, 3.8) is 0 Å². The summed E-state index contributed by atoms with van der Waals surface area (Å²) in [6, 6.07) is 26.3. The summed E-state index contributed by atoms with van der Waals surface area (Å²) >= 11 is 1.85. The first-order valence-corrected chi connectivity index (χ1v) is 11.4. The fourth-order valence-electron chi connectivity index (χ4n) is 3.74. The van der Waals surface area contributed by atoms with E-state index in [-0.39, 0.29) is 5.78 Å². The van der Waals surface area contributed by atoms with Gasteiger partial charge in [-0.25, -0.2) is 0 Å². The van der Waals surface area contributed by atoms with Crippen molar-refractivity contribution in [3.05, 3.63) is 96.1 Å². The largest absolute Gasteiger partial charge is 0.497 e. The Bertz CT molecular complexity index is 1200. The molecule has 4 aromatic rings. The fraction of sp³-hybridized carbons (Fsp3) is 0.107. The van der Waals surface area contributed by atoms with Gasteiger partial charge in [0.05, 0.1) is 21.3 Å².